The van der Waals surface area contributed by atoms with Gasteiger partial charge in [0.2, 0.25) is 0 Å². The van der Waals surface area contributed by atoms with Gasteiger partial charge in [-0.25, -0.2) is 9.78 Å². The normalized spacial score (nSPS) is 10.4. The average molecular weight is 306 g/mol. The van der Waals surface area contributed by atoms with Crippen molar-refractivity contribution in [2.24, 2.45) is 0 Å². The van der Waals surface area contributed by atoms with Crippen LogP contribution in [-0.4, -0.2) is 24.2 Å². The molecule has 0 bridgehead atoms. The zero-order valence-corrected chi connectivity index (χ0v) is 12.9. The van der Waals surface area contributed by atoms with E-state index >= 15 is 0 Å². The molecule has 21 heavy (non-hydrogen) atoms. The Hall–Kier alpha value is -2.08. The lowest BCUT2D eigenvalue weighted by atomic mass is 10.1. The lowest BCUT2D eigenvalue weighted by molar-refractivity contribution is 0.0527. The molecule has 5 nitrogen and oxygen atoms in total. The molecule has 0 saturated heterocycles. The fourth-order valence-corrected chi connectivity index (χ4v) is 2.64. The highest BCUT2D eigenvalue weighted by Gasteiger charge is 2.14. The predicted octanol–water partition coefficient (Wildman–Crippen LogP) is 2.83. The quantitative estimate of drug-likeness (QED) is 0.656. The topological polar surface area (TPSA) is 74.4 Å². The molecule has 6 heteroatoms. The lowest BCUT2D eigenvalue weighted by Crippen LogP contribution is -2.10. The number of nitrogens with two attached hydrogens (primary N) is 1. The van der Waals surface area contributed by atoms with Gasteiger partial charge in [0.1, 0.15) is 5.75 Å². The molecule has 2 aromatic rings. The van der Waals surface area contributed by atoms with Crippen molar-refractivity contribution in [1.29, 1.82) is 0 Å². The van der Waals surface area contributed by atoms with E-state index in [1.165, 1.54) is 4.88 Å². The monoisotopic (exact) mass is 306 g/mol. The van der Waals surface area contributed by atoms with Crippen molar-refractivity contribution in [1.82, 2.24) is 4.98 Å². The predicted molar refractivity (Wildman–Crippen MR) is 82.9 cm³/mol. The summed E-state index contributed by atoms with van der Waals surface area (Å²) in [6.45, 7) is 4.53. The summed E-state index contributed by atoms with van der Waals surface area (Å²) < 4.78 is 10.6. The minimum atomic E-state index is -0.432. The second-order valence-electron chi connectivity index (χ2n) is 4.40. The molecule has 0 spiro atoms. The van der Waals surface area contributed by atoms with Crippen molar-refractivity contribution in [2.45, 2.75) is 20.3 Å². The number of carbonyl (C=O) groups excluding carboxylic acids is 1. The average Bonchev–Trinajstić information content (AvgIpc) is 2.86. The zero-order valence-electron chi connectivity index (χ0n) is 12.1. The minimum absolute atomic E-state index is 0.314. The van der Waals surface area contributed by atoms with E-state index in [-0.39, 0.29) is 0 Å². The molecule has 112 valence electrons. The number of aromatic nitrogens is 1. The van der Waals surface area contributed by atoms with Crippen LogP contribution in [0.1, 0.15) is 27.9 Å². The van der Waals surface area contributed by atoms with Crippen molar-refractivity contribution < 1.29 is 14.3 Å². The van der Waals surface area contributed by atoms with Gasteiger partial charge in [0.15, 0.2) is 0 Å². The summed E-state index contributed by atoms with van der Waals surface area (Å²) in [5.41, 5.74) is 9.47. The molecule has 0 atom stereocenters. The fraction of sp³-hybridized carbons (Fsp3) is 0.333. The molecule has 2 N–H and O–H groups in total. The molecule has 0 radical (unpaired) electrons. The minimum Gasteiger partial charge on any atom is -0.491 e. The highest BCUT2D eigenvalue weighted by Crippen LogP contribution is 2.26. The smallest absolute Gasteiger partial charge is 0.340 e. The molecule has 1 aromatic heterocycles. The van der Waals surface area contributed by atoms with Crippen molar-refractivity contribution in [3.05, 3.63) is 39.8 Å². The first-order valence-electron chi connectivity index (χ1n) is 6.70. The third-order valence-corrected chi connectivity index (χ3v) is 3.99. The molecule has 0 unspecified atom stereocenters. The molecule has 0 aliphatic rings. The number of para-hydroxylation sites is 1. The number of rotatable bonds is 6. The van der Waals surface area contributed by atoms with E-state index in [0.717, 1.165) is 12.1 Å². The third kappa shape index (κ3) is 3.72. The summed E-state index contributed by atoms with van der Waals surface area (Å²) >= 11 is 1.61. The van der Waals surface area contributed by atoms with Crippen LogP contribution in [0.4, 0.5) is 5.69 Å². The Morgan fingerprint density at radius 3 is 2.90 bits per heavy atom. The summed E-state index contributed by atoms with van der Waals surface area (Å²) in [5.74, 6) is 0.0708. The molecular weight excluding hydrogens is 288 g/mol. The second kappa shape index (κ2) is 7.08. The first-order chi connectivity index (χ1) is 10.1. The van der Waals surface area contributed by atoms with Gasteiger partial charge in [-0.05, 0) is 26.0 Å². The molecule has 1 aromatic carbocycles. The van der Waals surface area contributed by atoms with Crippen LogP contribution in [-0.2, 0) is 11.2 Å². The Kier molecular flexibility index (Phi) is 5.16. The van der Waals surface area contributed by atoms with Gasteiger partial charge in [0.25, 0.3) is 0 Å². The van der Waals surface area contributed by atoms with E-state index in [0.29, 0.717) is 30.2 Å². The molecule has 2 rings (SSSR count). The van der Waals surface area contributed by atoms with Gasteiger partial charge in [0.05, 0.1) is 35.7 Å². The maximum atomic E-state index is 11.8. The van der Waals surface area contributed by atoms with Gasteiger partial charge in [-0.3, -0.25) is 0 Å². The van der Waals surface area contributed by atoms with E-state index in [4.69, 9.17) is 15.2 Å². The summed E-state index contributed by atoms with van der Waals surface area (Å²) in [5, 5.41) is 0. The van der Waals surface area contributed by atoms with E-state index < -0.39 is 5.97 Å². The second-order valence-corrected chi connectivity index (χ2v) is 5.34. The number of nitrogen functional groups attached to an aromatic ring is 1. The number of thiazole rings is 1. The molecule has 0 aliphatic carbocycles. The number of anilines is 1. The van der Waals surface area contributed by atoms with Crippen LogP contribution in [0, 0.1) is 6.92 Å². The van der Waals surface area contributed by atoms with E-state index in [2.05, 4.69) is 4.98 Å². The van der Waals surface area contributed by atoms with Gasteiger partial charge in [-0.2, -0.15) is 0 Å². The Morgan fingerprint density at radius 2 is 2.24 bits per heavy atom. The van der Waals surface area contributed by atoms with E-state index in [1.807, 2.05) is 12.4 Å². The third-order valence-electron chi connectivity index (χ3n) is 2.99. The van der Waals surface area contributed by atoms with Gasteiger partial charge in [0, 0.05) is 11.3 Å². The number of benzene rings is 1. The van der Waals surface area contributed by atoms with Crippen LogP contribution in [0.2, 0.25) is 0 Å². The number of esters is 1. The Labute approximate surface area is 127 Å². The van der Waals surface area contributed by atoms with Gasteiger partial charge in [-0.15, -0.1) is 11.3 Å². The van der Waals surface area contributed by atoms with Crippen LogP contribution in [0.5, 0.6) is 5.75 Å². The highest BCUT2D eigenvalue weighted by atomic mass is 32.1. The fourth-order valence-electron chi connectivity index (χ4n) is 1.88. The van der Waals surface area contributed by atoms with Crippen LogP contribution < -0.4 is 10.5 Å². The van der Waals surface area contributed by atoms with Crippen molar-refractivity contribution in [3.63, 3.8) is 0 Å². The maximum absolute atomic E-state index is 11.8. The first-order valence-corrected chi connectivity index (χ1v) is 7.58. The Bertz CT molecular complexity index is 625. The van der Waals surface area contributed by atoms with E-state index in [1.54, 1.807) is 36.5 Å². The number of ether oxygens (including phenoxy) is 2. The van der Waals surface area contributed by atoms with Crippen molar-refractivity contribution >= 4 is 23.0 Å². The number of hydrogen-bond acceptors (Lipinski definition) is 6. The number of carbonyl (C=O) groups is 1. The molecular formula is C15H18N2O3S. The standard InChI is InChI=1S/C15H18N2O3S/c1-3-19-15(18)11-5-4-6-12(14(11)16)20-8-7-13-10(2)17-9-21-13/h4-6,9H,3,7-8,16H2,1-2H3. The summed E-state index contributed by atoms with van der Waals surface area (Å²) in [6, 6.07) is 5.11. The van der Waals surface area contributed by atoms with Crippen LogP contribution in [0.3, 0.4) is 0 Å². The van der Waals surface area contributed by atoms with Gasteiger partial charge < -0.3 is 15.2 Å². The number of nitrogens with zero attached hydrogens (tertiary/aromatic N) is 1. The molecule has 0 aliphatic heterocycles. The molecule has 0 saturated carbocycles. The summed E-state index contributed by atoms with van der Waals surface area (Å²) in [7, 11) is 0. The van der Waals surface area contributed by atoms with Crippen molar-refractivity contribution in [3.8, 4) is 5.75 Å². The van der Waals surface area contributed by atoms with Gasteiger partial charge >= 0.3 is 5.97 Å². The van der Waals surface area contributed by atoms with Crippen LogP contribution >= 0.6 is 11.3 Å². The zero-order chi connectivity index (χ0) is 15.2. The van der Waals surface area contributed by atoms with Crippen LogP contribution in [0.25, 0.3) is 0 Å². The van der Waals surface area contributed by atoms with Gasteiger partial charge in [-0.1, -0.05) is 6.07 Å². The Morgan fingerprint density at radius 1 is 1.43 bits per heavy atom. The summed E-state index contributed by atoms with van der Waals surface area (Å²) in [4.78, 5) is 17.1. The van der Waals surface area contributed by atoms with Crippen molar-refractivity contribution in [2.75, 3.05) is 18.9 Å². The SMILES string of the molecule is CCOC(=O)c1cccc(OCCc2scnc2C)c1N. The highest BCUT2D eigenvalue weighted by molar-refractivity contribution is 7.09. The van der Waals surface area contributed by atoms with E-state index in [9.17, 15) is 4.79 Å². The first kappa shape index (κ1) is 15.3. The number of aryl methyl sites for hydroxylation is 1. The molecule has 1 heterocycles. The maximum Gasteiger partial charge on any atom is 0.340 e. The van der Waals surface area contributed by atoms with Crippen LogP contribution in [0.15, 0.2) is 23.7 Å². The molecule has 0 amide bonds. The largest absolute Gasteiger partial charge is 0.491 e. The Balaban J connectivity index is 2.02. The summed E-state index contributed by atoms with van der Waals surface area (Å²) in [6.07, 6.45) is 0.763. The molecule has 0 fully saturated rings. The lowest BCUT2D eigenvalue weighted by Gasteiger charge is -2.11. The number of hydrogen-bond donors (Lipinski definition) is 1.